The third-order valence-electron chi connectivity index (χ3n) is 3.86. The predicted molar refractivity (Wildman–Crippen MR) is 85.5 cm³/mol. The highest BCUT2D eigenvalue weighted by molar-refractivity contribution is 6.33. The van der Waals surface area contributed by atoms with E-state index in [0.29, 0.717) is 23.2 Å². The van der Waals surface area contributed by atoms with E-state index in [2.05, 4.69) is 5.32 Å². The predicted octanol–water partition coefficient (Wildman–Crippen LogP) is 2.16. The van der Waals surface area contributed by atoms with Crippen LogP contribution < -0.4 is 5.32 Å². The molecule has 1 amide bonds. The summed E-state index contributed by atoms with van der Waals surface area (Å²) >= 11 is 12.1. The van der Waals surface area contributed by atoms with Crippen molar-refractivity contribution in [3.8, 4) is 0 Å². The van der Waals surface area contributed by atoms with E-state index in [0.717, 1.165) is 18.7 Å². The summed E-state index contributed by atoms with van der Waals surface area (Å²) in [5, 5.41) is 4.44. The van der Waals surface area contributed by atoms with Crippen molar-refractivity contribution < 1.29 is 9.53 Å². The van der Waals surface area contributed by atoms with Crippen LogP contribution in [-0.2, 0) is 16.0 Å². The van der Waals surface area contributed by atoms with Gasteiger partial charge in [0, 0.05) is 29.7 Å². The number of amides is 1. The number of benzene rings is 1. The monoisotopic (exact) mass is 350 g/mol. The number of rotatable bonds is 2. The molecule has 3 rings (SSSR count). The van der Waals surface area contributed by atoms with E-state index in [1.807, 2.05) is 4.90 Å². The fraction of sp³-hybridized carbons (Fsp3) is 0.500. The number of hydrogen-bond acceptors (Lipinski definition) is 3. The summed E-state index contributed by atoms with van der Waals surface area (Å²) in [4.78, 5) is 14.4. The van der Waals surface area contributed by atoms with Crippen molar-refractivity contribution in [2.45, 2.75) is 18.6 Å². The number of carbonyl (C=O) groups is 1. The van der Waals surface area contributed by atoms with Crippen molar-refractivity contribution >= 4 is 41.5 Å². The first-order chi connectivity index (χ1) is 9.65. The fourth-order valence-corrected chi connectivity index (χ4v) is 3.22. The molecule has 0 aromatic heterocycles. The topological polar surface area (TPSA) is 41.6 Å². The molecular weight excluding hydrogens is 335 g/mol. The molecule has 4 nitrogen and oxygen atoms in total. The molecule has 1 aromatic carbocycles. The SMILES string of the molecule is Cl.O=C(Cc1cc(Cl)ccc1Cl)N1CCO[C@H]2CNC[C@H]21. The second kappa shape index (κ2) is 7.16. The summed E-state index contributed by atoms with van der Waals surface area (Å²) in [5.74, 6) is 0.0798. The molecule has 2 atom stereocenters. The zero-order chi connectivity index (χ0) is 14.1. The average molecular weight is 352 g/mol. The molecule has 1 aromatic rings. The Morgan fingerprint density at radius 1 is 1.38 bits per heavy atom. The van der Waals surface area contributed by atoms with Crippen LogP contribution in [0.1, 0.15) is 5.56 Å². The molecule has 21 heavy (non-hydrogen) atoms. The van der Waals surface area contributed by atoms with Gasteiger partial charge in [-0.1, -0.05) is 23.2 Å². The van der Waals surface area contributed by atoms with Crippen molar-refractivity contribution in [1.29, 1.82) is 0 Å². The van der Waals surface area contributed by atoms with Gasteiger partial charge in [0.2, 0.25) is 5.91 Å². The van der Waals surface area contributed by atoms with Crippen LogP contribution in [0.15, 0.2) is 18.2 Å². The molecule has 2 fully saturated rings. The smallest absolute Gasteiger partial charge is 0.227 e. The fourth-order valence-electron chi connectivity index (χ4n) is 2.84. The number of fused-ring (bicyclic) bond motifs is 1. The van der Waals surface area contributed by atoms with E-state index >= 15 is 0 Å². The Labute approximate surface area is 140 Å². The molecule has 2 aliphatic rings. The minimum Gasteiger partial charge on any atom is -0.373 e. The van der Waals surface area contributed by atoms with Crippen LogP contribution in [0.25, 0.3) is 0 Å². The number of hydrogen-bond donors (Lipinski definition) is 1. The van der Waals surface area contributed by atoms with Crippen LogP contribution in [0.2, 0.25) is 10.0 Å². The molecule has 2 heterocycles. The first-order valence-corrected chi connectivity index (χ1v) is 7.46. The van der Waals surface area contributed by atoms with Gasteiger partial charge in [-0.15, -0.1) is 12.4 Å². The Bertz CT molecular complexity index is 527. The Hall–Kier alpha value is -0.520. The molecule has 0 aliphatic carbocycles. The van der Waals surface area contributed by atoms with Crippen LogP contribution in [0, 0.1) is 0 Å². The second-order valence-electron chi connectivity index (χ2n) is 5.13. The van der Waals surface area contributed by atoms with E-state index in [1.165, 1.54) is 0 Å². The van der Waals surface area contributed by atoms with Gasteiger partial charge < -0.3 is 15.0 Å². The van der Waals surface area contributed by atoms with Gasteiger partial charge in [-0.05, 0) is 23.8 Å². The Morgan fingerprint density at radius 3 is 3.00 bits per heavy atom. The maximum absolute atomic E-state index is 12.5. The van der Waals surface area contributed by atoms with Crippen molar-refractivity contribution in [1.82, 2.24) is 10.2 Å². The molecule has 2 saturated heterocycles. The lowest BCUT2D eigenvalue weighted by molar-refractivity contribution is -0.142. The summed E-state index contributed by atoms with van der Waals surface area (Å²) in [6.07, 6.45) is 0.394. The van der Waals surface area contributed by atoms with Crippen LogP contribution in [0.4, 0.5) is 0 Å². The van der Waals surface area contributed by atoms with Gasteiger partial charge in [0.1, 0.15) is 0 Å². The summed E-state index contributed by atoms with van der Waals surface area (Å²) in [7, 11) is 0. The number of morpholine rings is 1. The quantitative estimate of drug-likeness (QED) is 0.888. The normalized spacial score (nSPS) is 24.4. The maximum Gasteiger partial charge on any atom is 0.227 e. The van der Waals surface area contributed by atoms with Crippen molar-refractivity contribution in [2.75, 3.05) is 26.2 Å². The Morgan fingerprint density at radius 2 is 2.19 bits per heavy atom. The molecular formula is C14H17Cl3N2O2. The Kier molecular flexibility index (Phi) is 5.74. The summed E-state index contributed by atoms with van der Waals surface area (Å²) in [5.41, 5.74) is 0.776. The third kappa shape index (κ3) is 3.63. The molecule has 1 N–H and O–H groups in total. The summed E-state index contributed by atoms with van der Waals surface area (Å²) < 4.78 is 5.67. The molecule has 116 valence electrons. The molecule has 0 bridgehead atoms. The summed E-state index contributed by atoms with van der Waals surface area (Å²) in [6, 6.07) is 5.34. The van der Waals surface area contributed by atoms with Gasteiger partial charge in [-0.25, -0.2) is 0 Å². The van der Waals surface area contributed by atoms with Crippen molar-refractivity contribution in [3.05, 3.63) is 33.8 Å². The van der Waals surface area contributed by atoms with E-state index in [9.17, 15) is 4.79 Å². The molecule has 0 saturated carbocycles. The lowest BCUT2D eigenvalue weighted by Gasteiger charge is -2.37. The average Bonchev–Trinajstić information content (AvgIpc) is 2.91. The van der Waals surface area contributed by atoms with Gasteiger partial charge in [0.25, 0.3) is 0 Å². The minimum absolute atomic E-state index is 0. The standard InChI is InChI=1S/C14H16Cl2N2O2.ClH/c15-10-1-2-11(16)9(5-10)6-14(19)18-3-4-20-13-8-17-7-12(13)18;/h1-2,5,12-13,17H,3-4,6-8H2;1H/t12-,13+;/m1./s1. The molecule has 2 aliphatic heterocycles. The zero-order valence-electron chi connectivity index (χ0n) is 11.4. The van der Waals surface area contributed by atoms with Gasteiger partial charge >= 0.3 is 0 Å². The zero-order valence-corrected chi connectivity index (χ0v) is 13.7. The van der Waals surface area contributed by atoms with Crippen LogP contribution >= 0.6 is 35.6 Å². The first kappa shape index (κ1) is 16.8. The number of carbonyl (C=O) groups excluding carboxylic acids is 1. The van der Waals surface area contributed by atoms with Crippen LogP contribution in [-0.4, -0.2) is 49.2 Å². The molecule has 0 spiro atoms. The lowest BCUT2D eigenvalue weighted by atomic mass is 10.1. The van der Waals surface area contributed by atoms with Crippen molar-refractivity contribution in [3.63, 3.8) is 0 Å². The highest BCUT2D eigenvalue weighted by Crippen LogP contribution is 2.23. The number of ether oxygens (including phenoxy) is 1. The number of nitrogens with zero attached hydrogens (tertiary/aromatic N) is 1. The van der Waals surface area contributed by atoms with E-state index in [1.54, 1.807) is 18.2 Å². The summed E-state index contributed by atoms with van der Waals surface area (Å²) in [6.45, 7) is 2.84. The molecule has 0 unspecified atom stereocenters. The second-order valence-corrected chi connectivity index (χ2v) is 5.98. The van der Waals surface area contributed by atoms with Crippen molar-refractivity contribution in [2.24, 2.45) is 0 Å². The largest absolute Gasteiger partial charge is 0.373 e. The van der Waals surface area contributed by atoms with Gasteiger partial charge in [0.05, 0.1) is 25.2 Å². The highest BCUT2D eigenvalue weighted by Gasteiger charge is 2.38. The van der Waals surface area contributed by atoms with E-state index in [-0.39, 0.29) is 36.9 Å². The van der Waals surface area contributed by atoms with Gasteiger partial charge in [-0.3, -0.25) is 4.79 Å². The van der Waals surface area contributed by atoms with Crippen LogP contribution in [0.3, 0.4) is 0 Å². The lowest BCUT2D eigenvalue weighted by Crippen LogP contribution is -2.53. The highest BCUT2D eigenvalue weighted by atomic mass is 35.5. The van der Waals surface area contributed by atoms with Crippen LogP contribution in [0.5, 0.6) is 0 Å². The molecule has 7 heteroatoms. The minimum atomic E-state index is 0. The van der Waals surface area contributed by atoms with Gasteiger partial charge in [0.15, 0.2) is 0 Å². The first-order valence-electron chi connectivity index (χ1n) is 6.71. The maximum atomic E-state index is 12.5. The third-order valence-corrected chi connectivity index (χ3v) is 4.47. The van der Waals surface area contributed by atoms with E-state index in [4.69, 9.17) is 27.9 Å². The van der Waals surface area contributed by atoms with Gasteiger partial charge in [-0.2, -0.15) is 0 Å². The molecule has 0 radical (unpaired) electrons. The Balaban J connectivity index is 0.00000161. The number of halogens is 3. The van der Waals surface area contributed by atoms with E-state index < -0.39 is 0 Å². The number of nitrogens with one attached hydrogen (secondary N) is 1.